The van der Waals surface area contributed by atoms with Gasteiger partial charge in [-0.25, -0.2) is 0 Å². The minimum atomic E-state index is -0.350. The molecule has 26 heavy (non-hydrogen) atoms. The lowest BCUT2D eigenvalue weighted by Gasteiger charge is -2.08. The molecule has 0 aliphatic rings. The molecule has 3 aromatic rings. The van der Waals surface area contributed by atoms with Crippen LogP contribution in [0.3, 0.4) is 0 Å². The Morgan fingerprint density at radius 1 is 0.923 bits per heavy atom. The second kappa shape index (κ2) is 8.08. The molecule has 0 unspecified atom stereocenters. The van der Waals surface area contributed by atoms with Gasteiger partial charge in [-0.05, 0) is 54.6 Å². The summed E-state index contributed by atoms with van der Waals surface area (Å²) >= 11 is 11.9. The van der Waals surface area contributed by atoms with Crippen LogP contribution in [0.4, 0.5) is 5.69 Å². The fourth-order valence-corrected chi connectivity index (χ4v) is 2.58. The van der Waals surface area contributed by atoms with E-state index in [0.29, 0.717) is 39.2 Å². The number of furan rings is 1. The van der Waals surface area contributed by atoms with Crippen LogP contribution >= 0.6 is 23.2 Å². The normalized spacial score (nSPS) is 10.4. The molecule has 0 saturated heterocycles. The number of halogens is 2. The molecule has 2 N–H and O–H groups in total. The van der Waals surface area contributed by atoms with E-state index < -0.39 is 0 Å². The second-order valence-corrected chi connectivity index (χ2v) is 6.26. The lowest BCUT2D eigenvalue weighted by molar-refractivity contribution is 0.0946. The number of amides is 2. The van der Waals surface area contributed by atoms with Gasteiger partial charge in [-0.3, -0.25) is 9.59 Å². The molecule has 0 spiro atoms. The quantitative estimate of drug-likeness (QED) is 0.661. The minimum absolute atomic E-state index is 0.258. The molecular weight excluding hydrogens is 375 g/mol. The van der Waals surface area contributed by atoms with E-state index in [9.17, 15) is 9.59 Å². The average molecular weight is 389 g/mol. The van der Waals surface area contributed by atoms with Crippen molar-refractivity contribution >= 4 is 40.7 Å². The van der Waals surface area contributed by atoms with Crippen molar-refractivity contribution in [2.24, 2.45) is 0 Å². The standard InChI is InChI=1S/C19H14Cl2N2O3/c20-14-7-8-16(21)17(10-14)23-19(25)13-5-3-12(4-6-13)18(24)22-11-15-2-1-9-26-15/h1-10H,11H2,(H,22,24)(H,23,25). The Morgan fingerprint density at radius 3 is 2.27 bits per heavy atom. The van der Waals surface area contributed by atoms with Crippen LogP contribution in [0, 0.1) is 0 Å². The maximum atomic E-state index is 12.3. The summed E-state index contributed by atoms with van der Waals surface area (Å²) in [4.78, 5) is 24.4. The van der Waals surface area contributed by atoms with Gasteiger partial charge in [0.05, 0.1) is 23.5 Å². The molecule has 5 nitrogen and oxygen atoms in total. The van der Waals surface area contributed by atoms with Crippen molar-refractivity contribution in [2.45, 2.75) is 6.54 Å². The van der Waals surface area contributed by atoms with E-state index in [4.69, 9.17) is 27.6 Å². The third kappa shape index (κ3) is 4.45. The Balaban J connectivity index is 1.63. The van der Waals surface area contributed by atoms with Crippen LogP contribution in [0.25, 0.3) is 0 Å². The number of benzene rings is 2. The summed E-state index contributed by atoms with van der Waals surface area (Å²) in [5.74, 6) is 0.0516. The smallest absolute Gasteiger partial charge is 0.255 e. The van der Waals surface area contributed by atoms with Crippen LogP contribution in [-0.2, 0) is 6.54 Å². The molecule has 0 radical (unpaired) electrons. The van der Waals surface area contributed by atoms with Gasteiger partial charge in [-0.2, -0.15) is 0 Å². The highest BCUT2D eigenvalue weighted by molar-refractivity contribution is 6.35. The van der Waals surface area contributed by atoms with E-state index in [2.05, 4.69) is 10.6 Å². The highest BCUT2D eigenvalue weighted by Crippen LogP contribution is 2.25. The van der Waals surface area contributed by atoms with E-state index in [0.717, 1.165) is 0 Å². The Labute approximate surface area is 159 Å². The van der Waals surface area contributed by atoms with Gasteiger partial charge in [-0.15, -0.1) is 0 Å². The molecule has 0 aliphatic heterocycles. The topological polar surface area (TPSA) is 71.3 Å². The second-order valence-electron chi connectivity index (χ2n) is 5.42. The van der Waals surface area contributed by atoms with Crippen molar-refractivity contribution in [3.8, 4) is 0 Å². The summed E-state index contributed by atoms with van der Waals surface area (Å²) in [6.45, 7) is 0.293. The minimum Gasteiger partial charge on any atom is -0.467 e. The van der Waals surface area contributed by atoms with Gasteiger partial charge in [0.1, 0.15) is 5.76 Å². The molecule has 1 aromatic heterocycles. The van der Waals surface area contributed by atoms with Gasteiger partial charge < -0.3 is 15.1 Å². The number of hydrogen-bond donors (Lipinski definition) is 2. The lowest BCUT2D eigenvalue weighted by Crippen LogP contribution is -2.22. The molecule has 0 aliphatic carbocycles. The summed E-state index contributed by atoms with van der Waals surface area (Å²) in [6, 6.07) is 14.6. The molecule has 0 bridgehead atoms. The molecule has 1 heterocycles. The van der Waals surface area contributed by atoms with Crippen LogP contribution in [0.2, 0.25) is 10.0 Å². The fraction of sp³-hybridized carbons (Fsp3) is 0.0526. The lowest BCUT2D eigenvalue weighted by atomic mass is 10.1. The molecule has 2 amide bonds. The van der Waals surface area contributed by atoms with Crippen molar-refractivity contribution in [3.05, 3.63) is 87.8 Å². The first kappa shape index (κ1) is 18.0. The Bertz CT molecular complexity index is 922. The van der Waals surface area contributed by atoms with E-state index >= 15 is 0 Å². The highest BCUT2D eigenvalue weighted by atomic mass is 35.5. The summed E-state index contributed by atoms with van der Waals surface area (Å²) in [7, 11) is 0. The number of carbonyl (C=O) groups is 2. The van der Waals surface area contributed by atoms with Gasteiger partial charge in [0, 0.05) is 16.1 Å². The van der Waals surface area contributed by atoms with Gasteiger partial charge >= 0.3 is 0 Å². The van der Waals surface area contributed by atoms with Crippen LogP contribution in [0.1, 0.15) is 26.5 Å². The van der Waals surface area contributed by atoms with Crippen molar-refractivity contribution in [1.29, 1.82) is 0 Å². The molecule has 7 heteroatoms. The molecule has 3 rings (SSSR count). The Kier molecular flexibility index (Phi) is 5.61. The summed E-state index contributed by atoms with van der Waals surface area (Å²) < 4.78 is 5.16. The van der Waals surface area contributed by atoms with Crippen molar-refractivity contribution in [3.63, 3.8) is 0 Å². The number of carbonyl (C=O) groups excluding carboxylic acids is 2. The van der Waals surface area contributed by atoms with Gasteiger partial charge in [0.15, 0.2) is 0 Å². The van der Waals surface area contributed by atoms with Gasteiger partial charge in [0.25, 0.3) is 11.8 Å². The SMILES string of the molecule is O=C(NCc1ccco1)c1ccc(C(=O)Nc2cc(Cl)ccc2Cl)cc1. The Morgan fingerprint density at radius 2 is 1.62 bits per heavy atom. The number of rotatable bonds is 5. The molecule has 132 valence electrons. The van der Waals surface area contributed by atoms with E-state index in [1.807, 2.05) is 0 Å². The van der Waals surface area contributed by atoms with E-state index in [1.54, 1.807) is 60.9 Å². The zero-order chi connectivity index (χ0) is 18.5. The van der Waals surface area contributed by atoms with Gasteiger partial charge in [-0.1, -0.05) is 23.2 Å². The number of nitrogens with one attached hydrogen (secondary N) is 2. The third-order valence-electron chi connectivity index (χ3n) is 3.59. The van der Waals surface area contributed by atoms with Crippen LogP contribution in [0.5, 0.6) is 0 Å². The van der Waals surface area contributed by atoms with Crippen LogP contribution < -0.4 is 10.6 Å². The molecular formula is C19H14Cl2N2O3. The first-order chi connectivity index (χ1) is 12.5. The molecule has 2 aromatic carbocycles. The monoisotopic (exact) mass is 388 g/mol. The summed E-state index contributed by atoms with van der Waals surface area (Å²) in [6.07, 6.45) is 1.54. The van der Waals surface area contributed by atoms with Crippen LogP contribution in [0.15, 0.2) is 65.3 Å². The first-order valence-corrected chi connectivity index (χ1v) is 8.45. The largest absolute Gasteiger partial charge is 0.467 e. The van der Waals surface area contributed by atoms with Gasteiger partial charge in [0.2, 0.25) is 0 Å². The highest BCUT2D eigenvalue weighted by Gasteiger charge is 2.11. The van der Waals surface area contributed by atoms with E-state index in [-0.39, 0.29) is 11.8 Å². The van der Waals surface area contributed by atoms with E-state index in [1.165, 1.54) is 0 Å². The number of anilines is 1. The molecule has 0 saturated carbocycles. The molecule has 0 atom stereocenters. The van der Waals surface area contributed by atoms with Crippen molar-refractivity contribution < 1.29 is 14.0 Å². The predicted octanol–water partition coefficient (Wildman–Crippen LogP) is 4.77. The predicted molar refractivity (Wildman–Crippen MR) is 101 cm³/mol. The summed E-state index contributed by atoms with van der Waals surface area (Å²) in [5, 5.41) is 6.28. The maximum absolute atomic E-state index is 12.3. The average Bonchev–Trinajstić information content (AvgIpc) is 3.16. The first-order valence-electron chi connectivity index (χ1n) is 7.70. The fourth-order valence-electron chi connectivity index (χ4n) is 2.24. The maximum Gasteiger partial charge on any atom is 0.255 e. The Hall–Kier alpha value is -2.76. The zero-order valence-corrected chi connectivity index (χ0v) is 15.0. The molecule has 0 fully saturated rings. The zero-order valence-electron chi connectivity index (χ0n) is 13.5. The third-order valence-corrected chi connectivity index (χ3v) is 4.15. The van der Waals surface area contributed by atoms with Crippen molar-refractivity contribution in [1.82, 2.24) is 5.32 Å². The summed E-state index contributed by atoms with van der Waals surface area (Å²) in [5.41, 5.74) is 1.25. The number of hydrogen-bond acceptors (Lipinski definition) is 3. The van der Waals surface area contributed by atoms with Crippen molar-refractivity contribution in [2.75, 3.05) is 5.32 Å². The van der Waals surface area contributed by atoms with Crippen LogP contribution in [-0.4, -0.2) is 11.8 Å².